The highest BCUT2D eigenvalue weighted by Gasteiger charge is 2.45. The highest BCUT2D eigenvalue weighted by Crippen LogP contribution is 2.43. The standard InChI is InChI=1S/C19H12ClF3N6/c20-12-6-7-13-15(17(12)28-8-19(22,23)9-28)16(21)14(11-4-2-1-3-5-11)18(26-13)29-25-10-24-27-29/h1-7,10H,8-9H2. The Kier molecular flexibility index (Phi) is 3.95. The molecule has 4 aromatic rings. The van der Waals surface area contributed by atoms with Crippen LogP contribution in [0.4, 0.5) is 18.9 Å². The molecule has 29 heavy (non-hydrogen) atoms. The Morgan fingerprint density at radius 2 is 1.79 bits per heavy atom. The number of anilines is 1. The molecule has 0 aliphatic carbocycles. The fraction of sp³-hybridized carbons (Fsp3) is 0.158. The monoisotopic (exact) mass is 416 g/mol. The Labute approximate surface area is 167 Å². The average Bonchev–Trinajstić information content (AvgIpc) is 3.21. The van der Waals surface area contributed by atoms with E-state index in [0.717, 1.165) is 4.80 Å². The first kappa shape index (κ1) is 17.9. The van der Waals surface area contributed by atoms with E-state index in [2.05, 4.69) is 20.4 Å². The smallest absolute Gasteiger partial charge is 0.282 e. The minimum atomic E-state index is -2.83. The van der Waals surface area contributed by atoms with E-state index < -0.39 is 24.8 Å². The Morgan fingerprint density at radius 3 is 2.45 bits per heavy atom. The minimum Gasteiger partial charge on any atom is -0.357 e. The second-order valence-corrected chi connectivity index (χ2v) is 7.13. The summed E-state index contributed by atoms with van der Waals surface area (Å²) in [4.78, 5) is 7.00. The number of fused-ring (bicyclic) bond motifs is 1. The zero-order chi connectivity index (χ0) is 20.2. The summed E-state index contributed by atoms with van der Waals surface area (Å²) in [6.07, 6.45) is 1.22. The molecule has 1 aliphatic rings. The van der Waals surface area contributed by atoms with Crippen molar-refractivity contribution in [2.24, 2.45) is 0 Å². The molecule has 3 heterocycles. The number of hydrogen-bond donors (Lipinski definition) is 0. The molecule has 146 valence electrons. The van der Waals surface area contributed by atoms with Crippen LogP contribution in [0.25, 0.3) is 27.8 Å². The summed E-state index contributed by atoms with van der Waals surface area (Å²) in [5.74, 6) is -3.33. The van der Waals surface area contributed by atoms with E-state index in [0.29, 0.717) is 5.56 Å². The molecule has 10 heteroatoms. The largest absolute Gasteiger partial charge is 0.357 e. The minimum absolute atomic E-state index is 0.0794. The molecule has 0 unspecified atom stereocenters. The van der Waals surface area contributed by atoms with Crippen molar-refractivity contribution >= 4 is 28.2 Å². The van der Waals surface area contributed by atoms with Crippen LogP contribution < -0.4 is 4.90 Å². The van der Waals surface area contributed by atoms with Gasteiger partial charge in [0.15, 0.2) is 12.1 Å². The molecule has 0 spiro atoms. The van der Waals surface area contributed by atoms with Crippen LogP contribution in [0, 0.1) is 5.82 Å². The zero-order valence-corrected chi connectivity index (χ0v) is 15.5. The predicted octanol–water partition coefficient (Wildman–Crippen LogP) is 4.13. The highest BCUT2D eigenvalue weighted by atomic mass is 35.5. The van der Waals surface area contributed by atoms with E-state index in [-0.39, 0.29) is 33.0 Å². The number of pyridine rings is 1. The van der Waals surface area contributed by atoms with Crippen molar-refractivity contribution < 1.29 is 13.2 Å². The quantitative estimate of drug-likeness (QED) is 0.502. The molecule has 1 fully saturated rings. The van der Waals surface area contributed by atoms with Crippen LogP contribution in [0.15, 0.2) is 48.8 Å². The van der Waals surface area contributed by atoms with Crippen molar-refractivity contribution in [3.05, 3.63) is 59.6 Å². The summed E-state index contributed by atoms with van der Waals surface area (Å²) in [6.45, 7) is -1.06. The fourth-order valence-electron chi connectivity index (χ4n) is 3.51. The lowest BCUT2D eigenvalue weighted by Crippen LogP contribution is -2.56. The van der Waals surface area contributed by atoms with Gasteiger partial charge in [0, 0.05) is 0 Å². The summed E-state index contributed by atoms with van der Waals surface area (Å²) < 4.78 is 42.9. The third kappa shape index (κ3) is 2.89. The Hall–Kier alpha value is -3.20. The van der Waals surface area contributed by atoms with Crippen LogP contribution in [0.2, 0.25) is 5.02 Å². The van der Waals surface area contributed by atoms with Gasteiger partial charge in [-0.1, -0.05) is 41.9 Å². The molecule has 2 aromatic carbocycles. The Morgan fingerprint density at radius 1 is 1.03 bits per heavy atom. The van der Waals surface area contributed by atoms with Gasteiger partial charge >= 0.3 is 0 Å². The van der Waals surface area contributed by atoms with Crippen molar-refractivity contribution in [2.45, 2.75) is 5.92 Å². The summed E-state index contributed by atoms with van der Waals surface area (Å²) in [7, 11) is 0. The molecule has 0 N–H and O–H groups in total. The van der Waals surface area contributed by atoms with Gasteiger partial charge in [-0.3, -0.25) is 0 Å². The summed E-state index contributed by atoms with van der Waals surface area (Å²) >= 11 is 6.29. The Balaban J connectivity index is 1.83. The number of benzene rings is 2. The molecule has 2 aromatic heterocycles. The second kappa shape index (κ2) is 6.41. The molecule has 0 amide bonds. The number of rotatable bonds is 3. The van der Waals surface area contributed by atoms with E-state index >= 15 is 4.39 Å². The maximum absolute atomic E-state index is 16.0. The van der Waals surface area contributed by atoms with Gasteiger partial charge in [0.25, 0.3) is 5.92 Å². The number of halogens is 4. The topological polar surface area (TPSA) is 59.7 Å². The van der Waals surface area contributed by atoms with Crippen LogP contribution in [0.1, 0.15) is 0 Å². The maximum atomic E-state index is 16.0. The molecule has 1 aliphatic heterocycles. The molecular formula is C19H12ClF3N6. The van der Waals surface area contributed by atoms with E-state index in [1.807, 2.05) is 0 Å². The number of nitrogens with zero attached hydrogens (tertiary/aromatic N) is 6. The van der Waals surface area contributed by atoms with Crippen LogP contribution in [-0.2, 0) is 0 Å². The lowest BCUT2D eigenvalue weighted by molar-refractivity contribution is -0.0261. The molecule has 0 atom stereocenters. The average molecular weight is 417 g/mol. The SMILES string of the molecule is Fc1c(-c2ccccc2)c(-n2ncnn2)nc2ccc(Cl)c(N3CC(F)(F)C3)c12. The molecule has 0 saturated carbocycles. The lowest BCUT2D eigenvalue weighted by atomic mass is 10.00. The number of hydrogen-bond acceptors (Lipinski definition) is 5. The summed E-state index contributed by atoms with van der Waals surface area (Å²) in [6, 6.07) is 11.8. The predicted molar refractivity (Wildman–Crippen MR) is 102 cm³/mol. The van der Waals surface area contributed by atoms with Crippen LogP contribution in [-0.4, -0.2) is 44.2 Å². The molecule has 0 bridgehead atoms. The van der Waals surface area contributed by atoms with Gasteiger partial charge in [-0.2, -0.15) is 0 Å². The molecule has 5 rings (SSSR count). The second-order valence-electron chi connectivity index (χ2n) is 6.72. The number of alkyl halides is 2. The number of tetrazole rings is 1. The lowest BCUT2D eigenvalue weighted by Gasteiger charge is -2.41. The van der Waals surface area contributed by atoms with E-state index in [1.54, 1.807) is 30.3 Å². The van der Waals surface area contributed by atoms with Crippen molar-refractivity contribution in [3.8, 4) is 16.9 Å². The first-order valence-corrected chi connectivity index (χ1v) is 9.06. The van der Waals surface area contributed by atoms with Gasteiger partial charge in [-0.25, -0.2) is 18.2 Å². The number of aromatic nitrogens is 5. The summed E-state index contributed by atoms with van der Waals surface area (Å²) in [5.41, 5.74) is 1.12. The van der Waals surface area contributed by atoms with Crippen LogP contribution in [0.3, 0.4) is 0 Å². The van der Waals surface area contributed by atoms with E-state index in [1.165, 1.54) is 23.4 Å². The molecule has 0 radical (unpaired) electrons. The van der Waals surface area contributed by atoms with Crippen LogP contribution >= 0.6 is 11.6 Å². The zero-order valence-electron chi connectivity index (χ0n) is 14.7. The van der Waals surface area contributed by atoms with E-state index in [4.69, 9.17) is 11.6 Å². The van der Waals surface area contributed by atoms with Gasteiger partial charge in [0.1, 0.15) is 5.82 Å². The van der Waals surface area contributed by atoms with Gasteiger partial charge in [0.05, 0.1) is 40.3 Å². The highest BCUT2D eigenvalue weighted by molar-refractivity contribution is 6.35. The maximum Gasteiger partial charge on any atom is 0.282 e. The summed E-state index contributed by atoms with van der Waals surface area (Å²) in [5, 5.41) is 11.7. The van der Waals surface area contributed by atoms with Crippen molar-refractivity contribution in [2.75, 3.05) is 18.0 Å². The Bertz CT molecular complexity index is 1210. The van der Waals surface area contributed by atoms with Gasteiger partial charge in [0.2, 0.25) is 0 Å². The van der Waals surface area contributed by atoms with E-state index in [9.17, 15) is 8.78 Å². The van der Waals surface area contributed by atoms with Crippen molar-refractivity contribution in [1.29, 1.82) is 0 Å². The van der Waals surface area contributed by atoms with Crippen molar-refractivity contribution in [3.63, 3.8) is 0 Å². The normalized spacial score (nSPS) is 15.5. The molecule has 6 nitrogen and oxygen atoms in total. The van der Waals surface area contributed by atoms with Crippen molar-refractivity contribution in [1.82, 2.24) is 25.2 Å². The first-order chi connectivity index (χ1) is 13.9. The van der Waals surface area contributed by atoms with Gasteiger partial charge < -0.3 is 4.90 Å². The molecule has 1 saturated heterocycles. The van der Waals surface area contributed by atoms with Gasteiger partial charge in [-0.05, 0) is 22.9 Å². The fourth-order valence-corrected chi connectivity index (χ4v) is 3.78. The first-order valence-electron chi connectivity index (χ1n) is 8.68. The van der Waals surface area contributed by atoms with Gasteiger partial charge in [-0.15, -0.1) is 15.0 Å². The third-order valence-corrected chi connectivity index (χ3v) is 5.06. The van der Waals surface area contributed by atoms with Crippen LogP contribution in [0.5, 0.6) is 0 Å². The molecular weight excluding hydrogens is 405 g/mol. The third-order valence-electron chi connectivity index (χ3n) is 4.76.